The second-order valence-corrected chi connectivity index (χ2v) is 9.22. The van der Waals surface area contributed by atoms with Gasteiger partial charge in [0.25, 0.3) is 0 Å². The van der Waals surface area contributed by atoms with Gasteiger partial charge in [0, 0.05) is 21.8 Å². The van der Waals surface area contributed by atoms with E-state index in [-0.39, 0.29) is 0 Å². The molecular weight excluding hydrogens is 510 g/mol. The van der Waals surface area contributed by atoms with Crippen molar-refractivity contribution in [2.24, 2.45) is 4.99 Å². The Hall–Kier alpha value is -4.35. The van der Waals surface area contributed by atoms with Crippen molar-refractivity contribution in [1.82, 2.24) is 9.97 Å². The molecule has 0 N–H and O–H groups in total. The first kappa shape index (κ1) is 22.1. The molecule has 0 bridgehead atoms. The van der Waals surface area contributed by atoms with E-state index in [2.05, 4.69) is 74.4 Å². The van der Waals surface area contributed by atoms with Gasteiger partial charge in [0.2, 0.25) is 5.71 Å². The van der Waals surface area contributed by atoms with Crippen LogP contribution in [0, 0.1) is 0 Å². The molecule has 2 heterocycles. The van der Waals surface area contributed by atoms with Gasteiger partial charge in [-0.1, -0.05) is 113 Å². The van der Waals surface area contributed by atoms with Crippen LogP contribution in [0.2, 0.25) is 0 Å². The Morgan fingerprint density at radius 3 is 1.94 bits per heavy atom. The number of nitrogens with zero attached hydrogens (tertiary/aromatic N) is 3. The third kappa shape index (κ3) is 4.37. The monoisotopic (exact) mass is 529 g/mol. The van der Waals surface area contributed by atoms with Gasteiger partial charge in [0.1, 0.15) is 12.1 Å². The maximum Gasteiger partial charge on any atom is 0.232 e. The fourth-order valence-electron chi connectivity index (χ4n) is 4.23. The predicted octanol–water partition coefficient (Wildman–Crippen LogP) is 8.74. The first-order chi connectivity index (χ1) is 17.8. The maximum atomic E-state index is 6.36. The van der Waals surface area contributed by atoms with Crippen LogP contribution in [0.5, 0.6) is 0 Å². The molecule has 0 amide bonds. The summed E-state index contributed by atoms with van der Waals surface area (Å²) in [5.41, 5.74) is 6.73. The van der Waals surface area contributed by atoms with Crippen molar-refractivity contribution < 1.29 is 4.42 Å². The number of benzene rings is 4. The van der Waals surface area contributed by atoms with E-state index in [1.54, 1.807) is 0 Å². The Morgan fingerprint density at radius 2 is 1.25 bits per heavy atom. The van der Waals surface area contributed by atoms with Crippen LogP contribution in [0.1, 0.15) is 5.56 Å². The number of hydrogen-bond acceptors (Lipinski definition) is 4. The number of fused-ring (bicyclic) bond motifs is 1. The molecule has 0 radical (unpaired) electrons. The molecule has 0 spiro atoms. The average Bonchev–Trinajstić information content (AvgIpc) is 3.34. The smallest absolute Gasteiger partial charge is 0.232 e. The van der Waals surface area contributed by atoms with Crippen LogP contribution in [0.3, 0.4) is 0 Å². The molecule has 0 unspecified atom stereocenters. The summed E-state index contributed by atoms with van der Waals surface area (Å²) in [5, 5.41) is 0.791. The third-order valence-electron chi connectivity index (χ3n) is 5.99. The topological polar surface area (TPSA) is 51.3 Å². The second-order valence-electron chi connectivity index (χ2n) is 8.30. The van der Waals surface area contributed by atoms with E-state index in [0.29, 0.717) is 11.5 Å². The molecular formula is C31H20BrN3O. The summed E-state index contributed by atoms with van der Waals surface area (Å²) in [7, 11) is 0. The van der Waals surface area contributed by atoms with Gasteiger partial charge < -0.3 is 4.42 Å². The highest BCUT2D eigenvalue weighted by atomic mass is 79.9. The quantitative estimate of drug-likeness (QED) is 0.210. The van der Waals surface area contributed by atoms with Gasteiger partial charge in [-0.2, -0.15) is 0 Å². The number of halogens is 1. The van der Waals surface area contributed by atoms with Crippen molar-refractivity contribution in [3.05, 3.63) is 126 Å². The maximum absolute atomic E-state index is 6.36. The summed E-state index contributed by atoms with van der Waals surface area (Å²) in [6.07, 6.45) is 3.31. The summed E-state index contributed by atoms with van der Waals surface area (Å²) in [5.74, 6) is 1.31. The van der Waals surface area contributed by atoms with E-state index < -0.39 is 0 Å². The van der Waals surface area contributed by atoms with Crippen molar-refractivity contribution in [3.8, 4) is 33.6 Å². The van der Waals surface area contributed by atoms with Crippen molar-refractivity contribution in [2.75, 3.05) is 0 Å². The molecule has 4 aromatic carbocycles. The minimum Gasteiger partial charge on any atom is -0.437 e. The van der Waals surface area contributed by atoms with E-state index in [1.165, 1.54) is 11.9 Å². The van der Waals surface area contributed by atoms with Gasteiger partial charge in [-0.15, -0.1) is 0 Å². The first-order valence-corrected chi connectivity index (χ1v) is 12.3. The Morgan fingerprint density at radius 1 is 0.639 bits per heavy atom. The molecule has 4 nitrogen and oxygen atoms in total. The van der Waals surface area contributed by atoms with Crippen molar-refractivity contribution in [3.63, 3.8) is 0 Å². The SMILES string of the molecule is Brc1ccc(C=Nc2ncnc3oc(-c4ccc(-c5ccccc5)cc4)c(-c4ccccc4)c23)cc1. The van der Waals surface area contributed by atoms with Crippen LogP contribution in [0.4, 0.5) is 5.82 Å². The minimum atomic E-state index is 0.508. The Balaban J connectivity index is 1.50. The van der Waals surface area contributed by atoms with E-state index >= 15 is 0 Å². The molecule has 172 valence electrons. The van der Waals surface area contributed by atoms with Crippen LogP contribution < -0.4 is 0 Å². The Labute approximate surface area is 217 Å². The molecule has 2 aromatic heterocycles. The van der Waals surface area contributed by atoms with Gasteiger partial charge in [0.15, 0.2) is 5.82 Å². The summed E-state index contributed by atoms with van der Waals surface area (Å²) in [4.78, 5) is 13.7. The van der Waals surface area contributed by atoms with Crippen LogP contribution >= 0.6 is 15.9 Å². The highest BCUT2D eigenvalue weighted by Gasteiger charge is 2.22. The van der Waals surface area contributed by atoms with Crippen molar-refractivity contribution in [2.45, 2.75) is 0 Å². The zero-order chi connectivity index (χ0) is 24.3. The Kier molecular flexibility index (Phi) is 5.98. The summed E-state index contributed by atoms with van der Waals surface area (Å²) < 4.78 is 7.38. The molecule has 36 heavy (non-hydrogen) atoms. The normalized spacial score (nSPS) is 11.4. The summed E-state index contributed by atoms with van der Waals surface area (Å²) >= 11 is 3.47. The van der Waals surface area contributed by atoms with Crippen LogP contribution in [0.25, 0.3) is 44.7 Å². The summed E-state index contributed by atoms with van der Waals surface area (Å²) in [6.45, 7) is 0. The molecule has 0 aliphatic rings. The van der Waals surface area contributed by atoms with Gasteiger partial charge in [-0.3, -0.25) is 0 Å². The van der Waals surface area contributed by atoms with Gasteiger partial charge >= 0.3 is 0 Å². The highest BCUT2D eigenvalue weighted by Crippen LogP contribution is 2.43. The van der Waals surface area contributed by atoms with E-state index in [1.807, 2.05) is 66.9 Å². The largest absolute Gasteiger partial charge is 0.437 e. The Bertz CT molecular complexity index is 1660. The highest BCUT2D eigenvalue weighted by molar-refractivity contribution is 9.10. The lowest BCUT2D eigenvalue weighted by atomic mass is 9.97. The standard InChI is InChI=1S/C31H20BrN3O/c32-26-17-11-21(12-18-26)19-33-30-28-27(24-9-5-2-6-10-24)29(36-31(28)35-20-34-30)25-15-13-23(14-16-25)22-7-3-1-4-8-22/h1-20H. The summed E-state index contributed by atoms with van der Waals surface area (Å²) in [6, 6.07) is 36.9. The fraction of sp³-hybridized carbons (Fsp3) is 0. The van der Waals surface area contributed by atoms with Crippen LogP contribution in [0.15, 0.2) is 129 Å². The van der Waals surface area contributed by atoms with E-state index in [0.717, 1.165) is 43.4 Å². The van der Waals surface area contributed by atoms with E-state index in [4.69, 9.17) is 9.41 Å². The molecule has 0 fully saturated rings. The first-order valence-electron chi connectivity index (χ1n) is 11.5. The lowest BCUT2D eigenvalue weighted by molar-refractivity contribution is 0.618. The molecule has 0 aliphatic carbocycles. The zero-order valence-corrected chi connectivity index (χ0v) is 20.8. The molecule has 0 aliphatic heterocycles. The molecule has 0 saturated carbocycles. The lowest BCUT2D eigenvalue weighted by Gasteiger charge is -2.06. The second kappa shape index (κ2) is 9.72. The molecule has 6 aromatic rings. The van der Waals surface area contributed by atoms with Gasteiger partial charge in [-0.25, -0.2) is 15.0 Å². The van der Waals surface area contributed by atoms with Crippen molar-refractivity contribution in [1.29, 1.82) is 0 Å². The molecule has 5 heteroatoms. The lowest BCUT2D eigenvalue weighted by Crippen LogP contribution is -1.86. The number of aromatic nitrogens is 2. The number of furan rings is 1. The fourth-order valence-corrected chi connectivity index (χ4v) is 4.49. The molecule has 0 atom stereocenters. The van der Waals surface area contributed by atoms with E-state index in [9.17, 15) is 0 Å². The number of rotatable bonds is 5. The van der Waals surface area contributed by atoms with Gasteiger partial charge in [-0.05, 0) is 34.4 Å². The van der Waals surface area contributed by atoms with Crippen LogP contribution in [-0.2, 0) is 0 Å². The zero-order valence-electron chi connectivity index (χ0n) is 19.2. The number of aliphatic imine (C=N–C) groups is 1. The average molecular weight is 530 g/mol. The third-order valence-corrected chi connectivity index (χ3v) is 6.52. The van der Waals surface area contributed by atoms with Crippen molar-refractivity contribution >= 4 is 39.1 Å². The minimum absolute atomic E-state index is 0.508. The molecule has 6 rings (SSSR count). The van der Waals surface area contributed by atoms with Crippen LogP contribution in [-0.4, -0.2) is 16.2 Å². The van der Waals surface area contributed by atoms with Gasteiger partial charge in [0.05, 0.1) is 5.39 Å². The number of hydrogen-bond donors (Lipinski definition) is 0. The predicted molar refractivity (Wildman–Crippen MR) is 150 cm³/mol. The molecule has 0 saturated heterocycles.